The van der Waals surface area contributed by atoms with Crippen molar-refractivity contribution in [2.45, 2.75) is 117 Å². The van der Waals surface area contributed by atoms with Gasteiger partial charge in [-0.25, -0.2) is 14.4 Å². The Labute approximate surface area is 287 Å². The zero-order valence-electron chi connectivity index (χ0n) is 29.9. The highest BCUT2D eigenvalue weighted by Gasteiger charge is 2.31. The van der Waals surface area contributed by atoms with Gasteiger partial charge in [0.25, 0.3) is 0 Å². The Balaban J connectivity index is 2.07. The number of ether oxygens (including phenoxy) is 4. The number of phenols is 1. The summed E-state index contributed by atoms with van der Waals surface area (Å²) < 4.78 is 21.9. The average Bonchev–Trinajstić information content (AvgIpc) is 2.91. The van der Waals surface area contributed by atoms with Gasteiger partial charge in [0.2, 0.25) is 5.91 Å². The normalized spacial score (nSPS) is 12.3. The van der Waals surface area contributed by atoms with Crippen molar-refractivity contribution in [2.24, 2.45) is 0 Å². The number of anilines is 1. The number of aryl methyl sites for hydroxylation is 2. The van der Waals surface area contributed by atoms with E-state index in [9.17, 15) is 34.2 Å². The molecular formula is C36H50N2O11. The number of phenolic OH excluding ortho intramolecular Hbond substituents is 1. The van der Waals surface area contributed by atoms with Crippen molar-refractivity contribution >= 4 is 35.6 Å². The molecule has 0 aromatic heterocycles. The molecule has 0 saturated carbocycles. The molecule has 2 aromatic rings. The fourth-order valence-corrected chi connectivity index (χ4v) is 4.51. The minimum atomic E-state index is -1.27. The summed E-state index contributed by atoms with van der Waals surface area (Å²) in [4.78, 5) is 62.3. The predicted molar refractivity (Wildman–Crippen MR) is 182 cm³/mol. The van der Waals surface area contributed by atoms with Gasteiger partial charge >= 0.3 is 24.0 Å². The molecular weight excluding hydrogens is 636 g/mol. The van der Waals surface area contributed by atoms with Gasteiger partial charge in [-0.05, 0) is 117 Å². The van der Waals surface area contributed by atoms with Crippen LogP contribution in [0.4, 0.5) is 10.5 Å². The fraction of sp³-hybridized carbons (Fsp3) is 0.528. The Bertz CT molecular complexity index is 1500. The van der Waals surface area contributed by atoms with Crippen molar-refractivity contribution < 1.29 is 53.1 Å². The third-order valence-corrected chi connectivity index (χ3v) is 6.33. The predicted octanol–water partition coefficient (Wildman–Crippen LogP) is 5.94. The number of rotatable bonds is 14. The first kappa shape index (κ1) is 40.4. The van der Waals surface area contributed by atoms with Gasteiger partial charge in [0.15, 0.2) is 11.5 Å². The number of aromatic hydroxyl groups is 1. The van der Waals surface area contributed by atoms with E-state index in [4.69, 9.17) is 18.9 Å². The van der Waals surface area contributed by atoms with E-state index in [2.05, 4.69) is 10.6 Å². The number of carbonyl (C=O) groups excluding carboxylic acids is 4. The van der Waals surface area contributed by atoms with E-state index in [-0.39, 0.29) is 42.9 Å². The van der Waals surface area contributed by atoms with Crippen LogP contribution >= 0.6 is 0 Å². The molecule has 49 heavy (non-hydrogen) atoms. The van der Waals surface area contributed by atoms with E-state index >= 15 is 0 Å². The first-order valence-electron chi connectivity index (χ1n) is 16.1. The maximum absolute atomic E-state index is 13.0. The van der Waals surface area contributed by atoms with Crippen LogP contribution in [0.25, 0.3) is 0 Å². The SMILES string of the molecule is CC(C)(C)OC(=O)CC(NC(=O)CCc1cccc(O)c1OCCCc1cc(NC(=O)OC(C)(C)C)ccc1C(=O)O)C(=O)OC(C)(C)C. The second-order valence-corrected chi connectivity index (χ2v) is 14.5. The standard InChI is InChI=1S/C36H50N2O11/c1-34(2,3)47-29(41)21-26(32(44)48-35(4,5)6)38-28(40)18-15-22-12-10-14-27(39)30(22)46-19-11-13-23-20-24(16-17-25(23)31(42)43)37-33(45)49-36(7,8)9/h10,12,14,16-17,20,26,39H,11,13,15,18-19,21H2,1-9H3,(H,37,45)(H,38,40)(H,42,43). The lowest BCUT2D eigenvalue weighted by atomic mass is 10.0. The number of aromatic carboxylic acids is 1. The molecule has 270 valence electrons. The molecule has 0 aliphatic heterocycles. The zero-order chi connectivity index (χ0) is 37.2. The Hall–Kier alpha value is -4.81. The van der Waals surface area contributed by atoms with Gasteiger partial charge in [0, 0.05) is 12.1 Å². The van der Waals surface area contributed by atoms with E-state index in [1.165, 1.54) is 18.2 Å². The monoisotopic (exact) mass is 686 g/mol. The first-order valence-corrected chi connectivity index (χ1v) is 16.1. The summed E-state index contributed by atoms with van der Waals surface area (Å²) in [5.41, 5.74) is -0.919. The third kappa shape index (κ3) is 15.3. The summed E-state index contributed by atoms with van der Waals surface area (Å²) in [5.74, 6) is -3.09. The molecule has 13 heteroatoms. The van der Waals surface area contributed by atoms with Crippen LogP contribution in [0.15, 0.2) is 36.4 Å². The van der Waals surface area contributed by atoms with Gasteiger partial charge in [0.1, 0.15) is 22.8 Å². The number of amides is 2. The summed E-state index contributed by atoms with van der Waals surface area (Å²) in [6, 6.07) is 7.89. The maximum atomic E-state index is 13.0. The Morgan fingerprint density at radius 1 is 0.796 bits per heavy atom. The molecule has 1 unspecified atom stereocenters. The molecule has 0 radical (unpaired) electrons. The quantitative estimate of drug-likeness (QED) is 0.105. The zero-order valence-corrected chi connectivity index (χ0v) is 29.9. The number of benzene rings is 2. The summed E-state index contributed by atoms with van der Waals surface area (Å²) in [6.07, 6.45) is -0.430. The van der Waals surface area contributed by atoms with Gasteiger partial charge in [0.05, 0.1) is 18.6 Å². The van der Waals surface area contributed by atoms with Crippen LogP contribution in [0.3, 0.4) is 0 Å². The highest BCUT2D eigenvalue weighted by atomic mass is 16.6. The number of esters is 2. The van der Waals surface area contributed by atoms with Crippen LogP contribution in [0, 0.1) is 0 Å². The molecule has 2 rings (SSSR count). The molecule has 2 aromatic carbocycles. The van der Waals surface area contributed by atoms with Crippen LogP contribution in [0.5, 0.6) is 11.5 Å². The lowest BCUT2D eigenvalue weighted by molar-refractivity contribution is -0.165. The largest absolute Gasteiger partial charge is 0.504 e. The number of nitrogens with one attached hydrogen (secondary N) is 2. The molecule has 0 fully saturated rings. The van der Waals surface area contributed by atoms with Gasteiger partial charge in [-0.3, -0.25) is 14.9 Å². The fourth-order valence-electron chi connectivity index (χ4n) is 4.51. The van der Waals surface area contributed by atoms with Crippen molar-refractivity contribution in [2.75, 3.05) is 11.9 Å². The summed E-state index contributed by atoms with van der Waals surface area (Å²) >= 11 is 0. The van der Waals surface area contributed by atoms with Crippen molar-refractivity contribution in [3.8, 4) is 11.5 Å². The molecule has 0 saturated heterocycles. The third-order valence-electron chi connectivity index (χ3n) is 6.33. The van der Waals surface area contributed by atoms with Crippen molar-refractivity contribution in [1.29, 1.82) is 0 Å². The highest BCUT2D eigenvalue weighted by molar-refractivity contribution is 5.92. The van der Waals surface area contributed by atoms with Crippen LogP contribution < -0.4 is 15.4 Å². The Morgan fingerprint density at radius 3 is 2.02 bits per heavy atom. The minimum absolute atomic E-state index is 0.0698. The number of para-hydroxylation sites is 1. The van der Waals surface area contributed by atoms with E-state index in [0.717, 1.165) is 0 Å². The van der Waals surface area contributed by atoms with Gasteiger partial charge in [-0.15, -0.1) is 0 Å². The first-order chi connectivity index (χ1) is 22.5. The van der Waals surface area contributed by atoms with Gasteiger partial charge < -0.3 is 34.5 Å². The topological polar surface area (TPSA) is 187 Å². The number of hydrogen-bond acceptors (Lipinski definition) is 10. The van der Waals surface area contributed by atoms with Gasteiger partial charge in [-0.2, -0.15) is 0 Å². The van der Waals surface area contributed by atoms with Gasteiger partial charge in [-0.1, -0.05) is 12.1 Å². The maximum Gasteiger partial charge on any atom is 0.412 e. The van der Waals surface area contributed by atoms with Crippen LogP contribution in [0.2, 0.25) is 0 Å². The van der Waals surface area contributed by atoms with E-state index < -0.39 is 59.2 Å². The summed E-state index contributed by atoms with van der Waals surface area (Å²) in [5, 5.41) is 25.4. The molecule has 0 aliphatic rings. The number of carbonyl (C=O) groups is 5. The van der Waals surface area contributed by atoms with Crippen LogP contribution in [-0.2, 0) is 41.4 Å². The number of hydrogen-bond donors (Lipinski definition) is 4. The molecule has 0 bridgehead atoms. The summed E-state index contributed by atoms with van der Waals surface area (Å²) in [6.45, 7) is 15.4. The molecule has 0 heterocycles. The lowest BCUT2D eigenvalue weighted by Crippen LogP contribution is -2.46. The molecule has 13 nitrogen and oxygen atoms in total. The summed E-state index contributed by atoms with van der Waals surface area (Å²) in [7, 11) is 0. The number of carboxylic acids is 1. The second kappa shape index (κ2) is 17.0. The molecule has 1 atom stereocenters. The van der Waals surface area contributed by atoms with E-state index in [1.807, 2.05) is 0 Å². The van der Waals surface area contributed by atoms with Crippen LogP contribution in [-0.4, -0.2) is 69.6 Å². The Morgan fingerprint density at radius 2 is 1.43 bits per heavy atom. The lowest BCUT2D eigenvalue weighted by Gasteiger charge is -2.25. The van der Waals surface area contributed by atoms with Crippen molar-refractivity contribution in [3.63, 3.8) is 0 Å². The number of carboxylic acid groups (broad SMARTS) is 1. The van der Waals surface area contributed by atoms with E-state index in [1.54, 1.807) is 80.5 Å². The molecule has 0 aliphatic carbocycles. The minimum Gasteiger partial charge on any atom is -0.504 e. The second-order valence-electron chi connectivity index (χ2n) is 14.5. The van der Waals surface area contributed by atoms with Crippen LogP contribution in [0.1, 0.15) is 103 Å². The highest BCUT2D eigenvalue weighted by Crippen LogP contribution is 2.31. The molecule has 0 spiro atoms. The van der Waals surface area contributed by atoms with Crippen molar-refractivity contribution in [1.82, 2.24) is 5.32 Å². The molecule has 2 amide bonds. The Kier molecular flexibility index (Phi) is 14.0. The van der Waals surface area contributed by atoms with E-state index in [0.29, 0.717) is 23.2 Å². The molecule has 4 N–H and O–H groups in total. The smallest absolute Gasteiger partial charge is 0.412 e. The average molecular weight is 687 g/mol. The van der Waals surface area contributed by atoms with Crippen molar-refractivity contribution in [3.05, 3.63) is 53.1 Å².